The van der Waals surface area contributed by atoms with Crippen LogP contribution in [-0.2, 0) is 0 Å². The Labute approximate surface area is 124 Å². The Kier molecular flexibility index (Phi) is 2.96. The third-order valence-corrected chi connectivity index (χ3v) is 3.71. The predicted octanol–water partition coefficient (Wildman–Crippen LogP) is 3.55. The van der Waals surface area contributed by atoms with Crippen molar-refractivity contribution in [3.63, 3.8) is 0 Å². The summed E-state index contributed by atoms with van der Waals surface area (Å²) in [5, 5.41) is 9.05. The fourth-order valence-electron chi connectivity index (χ4n) is 2.24. The lowest BCUT2D eigenvalue weighted by Gasteiger charge is -2.10. The van der Waals surface area contributed by atoms with Crippen molar-refractivity contribution in [2.45, 2.75) is 6.92 Å². The van der Waals surface area contributed by atoms with Crippen molar-refractivity contribution >= 4 is 32.9 Å². The topological polar surface area (TPSA) is 67.6 Å². The molecule has 5 heteroatoms. The van der Waals surface area contributed by atoms with Crippen LogP contribution in [0.4, 0.5) is 5.95 Å². The molecule has 0 aliphatic carbocycles. The van der Waals surface area contributed by atoms with Crippen LogP contribution in [-0.4, -0.2) is 9.55 Å². The maximum Gasteiger partial charge on any atom is 0.205 e. The van der Waals surface area contributed by atoms with Gasteiger partial charge in [-0.25, -0.2) is 4.98 Å². The molecule has 0 radical (unpaired) electrons. The number of fused-ring (bicyclic) bond motifs is 1. The average molecular weight is 327 g/mol. The highest BCUT2D eigenvalue weighted by atomic mass is 79.9. The number of hydrogen-bond acceptors (Lipinski definition) is 3. The lowest BCUT2D eigenvalue weighted by atomic mass is 10.2. The Bertz CT molecular complexity index is 858. The summed E-state index contributed by atoms with van der Waals surface area (Å²) in [6.07, 6.45) is 0. The molecule has 0 aliphatic rings. The van der Waals surface area contributed by atoms with Gasteiger partial charge in [0.1, 0.15) is 0 Å². The van der Waals surface area contributed by atoms with Crippen molar-refractivity contribution in [2.75, 3.05) is 5.73 Å². The van der Waals surface area contributed by atoms with Crippen LogP contribution in [0.5, 0.6) is 0 Å². The minimum absolute atomic E-state index is 0.413. The normalized spacial score (nSPS) is 10.7. The van der Waals surface area contributed by atoms with Crippen molar-refractivity contribution in [3.8, 4) is 11.8 Å². The molecule has 0 atom stereocenters. The van der Waals surface area contributed by atoms with Crippen LogP contribution in [0.2, 0.25) is 0 Å². The van der Waals surface area contributed by atoms with Gasteiger partial charge in [0.25, 0.3) is 0 Å². The summed E-state index contributed by atoms with van der Waals surface area (Å²) in [5.74, 6) is 0.413. The highest BCUT2D eigenvalue weighted by Crippen LogP contribution is 2.27. The van der Waals surface area contributed by atoms with Crippen LogP contribution in [0.3, 0.4) is 0 Å². The van der Waals surface area contributed by atoms with Crippen LogP contribution in [0, 0.1) is 18.3 Å². The second kappa shape index (κ2) is 4.66. The lowest BCUT2D eigenvalue weighted by molar-refractivity contribution is 1.09. The molecular formula is C15H11BrN4. The summed E-state index contributed by atoms with van der Waals surface area (Å²) in [6.45, 7) is 2.02. The van der Waals surface area contributed by atoms with Gasteiger partial charge in [-0.2, -0.15) is 5.26 Å². The van der Waals surface area contributed by atoms with Crippen molar-refractivity contribution in [1.29, 1.82) is 5.26 Å². The molecule has 0 spiro atoms. The zero-order chi connectivity index (χ0) is 14.3. The van der Waals surface area contributed by atoms with Gasteiger partial charge in [-0.3, -0.25) is 4.57 Å². The first-order chi connectivity index (χ1) is 9.60. The molecule has 3 aromatic rings. The predicted molar refractivity (Wildman–Crippen MR) is 82.6 cm³/mol. The van der Waals surface area contributed by atoms with E-state index in [1.54, 1.807) is 12.1 Å². The van der Waals surface area contributed by atoms with Gasteiger partial charge in [0, 0.05) is 4.47 Å². The van der Waals surface area contributed by atoms with Gasteiger partial charge >= 0.3 is 0 Å². The molecule has 4 nitrogen and oxygen atoms in total. The molecule has 0 aliphatic heterocycles. The summed E-state index contributed by atoms with van der Waals surface area (Å²) in [5.41, 5.74) is 10.3. The van der Waals surface area contributed by atoms with E-state index in [0.717, 1.165) is 26.8 Å². The molecule has 1 heterocycles. The first-order valence-electron chi connectivity index (χ1n) is 6.05. The van der Waals surface area contributed by atoms with Crippen molar-refractivity contribution in [3.05, 3.63) is 52.0 Å². The van der Waals surface area contributed by atoms with E-state index >= 15 is 0 Å². The van der Waals surface area contributed by atoms with Gasteiger partial charge < -0.3 is 5.73 Å². The van der Waals surface area contributed by atoms with E-state index in [9.17, 15) is 0 Å². The lowest BCUT2D eigenvalue weighted by Crippen LogP contribution is -2.02. The van der Waals surface area contributed by atoms with Crippen LogP contribution >= 0.6 is 15.9 Å². The van der Waals surface area contributed by atoms with Crippen LogP contribution in [0.1, 0.15) is 11.1 Å². The number of nitriles is 1. The van der Waals surface area contributed by atoms with Gasteiger partial charge in [0.2, 0.25) is 5.95 Å². The second-order valence-electron chi connectivity index (χ2n) is 4.55. The third-order valence-electron chi connectivity index (χ3n) is 3.22. The number of nitrogen functional groups attached to an aromatic ring is 1. The summed E-state index contributed by atoms with van der Waals surface area (Å²) >= 11 is 3.47. The number of halogens is 1. The Hall–Kier alpha value is -2.32. The standard InChI is InChI=1S/C15H11BrN4/c1-9-2-4-11(16)7-13(9)20-14-6-10(8-17)3-5-12(14)19-15(20)18/h2-7H,1H3,(H2,18,19). The number of hydrogen-bond donors (Lipinski definition) is 1. The number of anilines is 1. The SMILES string of the molecule is Cc1ccc(Br)cc1-n1c(N)nc2ccc(C#N)cc21. The Morgan fingerprint density at radius 3 is 2.80 bits per heavy atom. The van der Waals surface area contributed by atoms with Crippen molar-refractivity contribution in [2.24, 2.45) is 0 Å². The van der Waals surface area contributed by atoms with Crippen molar-refractivity contribution < 1.29 is 0 Å². The summed E-state index contributed by atoms with van der Waals surface area (Å²) in [7, 11) is 0. The molecule has 1 aromatic heterocycles. The number of nitrogens with zero attached hydrogens (tertiary/aromatic N) is 3. The molecule has 3 rings (SSSR count). The fourth-order valence-corrected chi connectivity index (χ4v) is 2.59. The number of benzene rings is 2. The average Bonchev–Trinajstić information content (AvgIpc) is 2.76. The van der Waals surface area contributed by atoms with Gasteiger partial charge in [-0.05, 0) is 42.8 Å². The quantitative estimate of drug-likeness (QED) is 0.743. The zero-order valence-electron chi connectivity index (χ0n) is 10.8. The molecule has 0 bridgehead atoms. The maximum absolute atomic E-state index is 9.05. The molecule has 0 saturated carbocycles. The minimum atomic E-state index is 0.413. The fraction of sp³-hybridized carbons (Fsp3) is 0.0667. The summed E-state index contributed by atoms with van der Waals surface area (Å²) in [6, 6.07) is 13.5. The highest BCUT2D eigenvalue weighted by Gasteiger charge is 2.12. The van der Waals surface area contributed by atoms with Gasteiger partial charge in [0.05, 0.1) is 28.4 Å². The molecule has 98 valence electrons. The van der Waals surface area contributed by atoms with Gasteiger partial charge in [-0.1, -0.05) is 22.0 Å². The summed E-state index contributed by atoms with van der Waals surface area (Å²) < 4.78 is 2.84. The van der Waals surface area contributed by atoms with E-state index in [0.29, 0.717) is 11.5 Å². The monoisotopic (exact) mass is 326 g/mol. The number of aryl methyl sites for hydroxylation is 1. The van der Waals surface area contributed by atoms with E-state index < -0.39 is 0 Å². The number of nitrogens with two attached hydrogens (primary N) is 1. The zero-order valence-corrected chi connectivity index (χ0v) is 12.3. The van der Waals surface area contributed by atoms with Crippen molar-refractivity contribution in [1.82, 2.24) is 9.55 Å². The smallest absolute Gasteiger partial charge is 0.205 e. The molecule has 2 aromatic carbocycles. The number of rotatable bonds is 1. The van der Waals surface area contributed by atoms with E-state index in [1.807, 2.05) is 35.8 Å². The van der Waals surface area contributed by atoms with Gasteiger partial charge in [0.15, 0.2) is 0 Å². The molecule has 2 N–H and O–H groups in total. The highest BCUT2D eigenvalue weighted by molar-refractivity contribution is 9.10. The minimum Gasteiger partial charge on any atom is -0.369 e. The van der Waals surface area contributed by atoms with Crippen LogP contribution < -0.4 is 5.73 Å². The second-order valence-corrected chi connectivity index (χ2v) is 5.47. The number of aromatic nitrogens is 2. The summed E-state index contributed by atoms with van der Waals surface area (Å²) in [4.78, 5) is 4.35. The first kappa shape index (κ1) is 12.7. The first-order valence-corrected chi connectivity index (χ1v) is 6.84. The Balaban J connectivity index is 2.38. The molecular weight excluding hydrogens is 316 g/mol. The number of imidazole rings is 1. The van der Waals surface area contributed by atoms with E-state index in [-0.39, 0.29) is 0 Å². The van der Waals surface area contributed by atoms with E-state index in [1.165, 1.54) is 0 Å². The molecule has 0 saturated heterocycles. The molecule has 0 amide bonds. The molecule has 0 unspecified atom stereocenters. The molecule has 20 heavy (non-hydrogen) atoms. The van der Waals surface area contributed by atoms with Crippen LogP contribution in [0.15, 0.2) is 40.9 Å². The molecule has 0 fully saturated rings. The van der Waals surface area contributed by atoms with E-state index in [4.69, 9.17) is 11.0 Å². The Morgan fingerprint density at radius 1 is 1.25 bits per heavy atom. The third kappa shape index (κ3) is 1.95. The van der Waals surface area contributed by atoms with Gasteiger partial charge in [-0.15, -0.1) is 0 Å². The Morgan fingerprint density at radius 2 is 2.05 bits per heavy atom. The maximum atomic E-state index is 9.05. The van der Waals surface area contributed by atoms with Crippen LogP contribution in [0.25, 0.3) is 16.7 Å². The largest absolute Gasteiger partial charge is 0.369 e. The van der Waals surface area contributed by atoms with E-state index in [2.05, 4.69) is 27.0 Å².